The van der Waals surface area contributed by atoms with Gasteiger partial charge in [0, 0.05) is 12.4 Å². The summed E-state index contributed by atoms with van der Waals surface area (Å²) < 4.78 is 14.7. The Labute approximate surface area is 82.0 Å². The number of rotatable bonds is 2. The number of halogens is 1. The van der Waals surface area contributed by atoms with Crippen LogP contribution in [0.4, 0.5) is 4.39 Å². The molecule has 1 aromatic heterocycles. The predicted molar refractivity (Wildman–Crippen MR) is 52.4 cm³/mol. The van der Waals surface area contributed by atoms with Gasteiger partial charge in [0.15, 0.2) is 0 Å². The minimum atomic E-state index is -0.207. The molecule has 0 bridgehead atoms. The summed E-state index contributed by atoms with van der Waals surface area (Å²) >= 11 is 0. The molecule has 0 radical (unpaired) electrons. The van der Waals surface area contributed by atoms with Gasteiger partial charge < -0.3 is 0 Å². The van der Waals surface area contributed by atoms with Crippen molar-refractivity contribution in [3.05, 3.63) is 54.1 Å². The second-order valence-electron chi connectivity index (χ2n) is 3.22. The maximum atomic E-state index is 12.9. The highest BCUT2D eigenvalue weighted by molar-refractivity contribution is 5.20. The Morgan fingerprint density at radius 2 is 2.21 bits per heavy atom. The molecular formula is C11H11FN2. The molecule has 1 unspecified atom stereocenters. The first-order valence-electron chi connectivity index (χ1n) is 4.52. The Morgan fingerprint density at radius 3 is 2.86 bits per heavy atom. The standard InChI is InChI=1S/C11H11FN2/c1-9(14-7-3-6-13-14)10-4-2-5-11(12)8-10/h2-9H,1H3. The Morgan fingerprint density at radius 1 is 1.36 bits per heavy atom. The quantitative estimate of drug-likeness (QED) is 0.711. The zero-order valence-electron chi connectivity index (χ0n) is 7.89. The van der Waals surface area contributed by atoms with E-state index in [0.29, 0.717) is 0 Å². The lowest BCUT2D eigenvalue weighted by Crippen LogP contribution is -2.07. The molecule has 0 N–H and O–H groups in total. The Hall–Kier alpha value is -1.64. The normalized spacial score (nSPS) is 12.7. The number of nitrogens with zero attached hydrogens (tertiary/aromatic N) is 2. The first-order valence-corrected chi connectivity index (χ1v) is 4.52. The summed E-state index contributed by atoms with van der Waals surface area (Å²) in [4.78, 5) is 0. The van der Waals surface area contributed by atoms with Gasteiger partial charge in [-0.25, -0.2) is 4.39 Å². The molecule has 1 aromatic carbocycles. The van der Waals surface area contributed by atoms with Gasteiger partial charge in [-0.2, -0.15) is 5.10 Å². The Bertz CT molecular complexity index is 409. The Balaban J connectivity index is 2.32. The van der Waals surface area contributed by atoms with Crippen molar-refractivity contribution < 1.29 is 4.39 Å². The van der Waals surface area contributed by atoms with Crippen LogP contribution in [-0.4, -0.2) is 9.78 Å². The van der Waals surface area contributed by atoms with Gasteiger partial charge in [-0.15, -0.1) is 0 Å². The van der Waals surface area contributed by atoms with E-state index < -0.39 is 0 Å². The molecule has 3 heteroatoms. The third-order valence-electron chi connectivity index (χ3n) is 2.25. The third-order valence-corrected chi connectivity index (χ3v) is 2.25. The average Bonchev–Trinajstić information content (AvgIpc) is 2.69. The highest BCUT2D eigenvalue weighted by Gasteiger charge is 2.07. The van der Waals surface area contributed by atoms with Crippen molar-refractivity contribution in [1.82, 2.24) is 9.78 Å². The number of benzene rings is 1. The fraction of sp³-hybridized carbons (Fsp3) is 0.182. The van der Waals surface area contributed by atoms with Gasteiger partial charge in [0.05, 0.1) is 6.04 Å². The van der Waals surface area contributed by atoms with Crippen LogP contribution in [0.15, 0.2) is 42.7 Å². The fourth-order valence-electron chi connectivity index (χ4n) is 1.43. The molecule has 0 amide bonds. The number of hydrogen-bond donors (Lipinski definition) is 0. The lowest BCUT2D eigenvalue weighted by atomic mass is 10.1. The zero-order valence-corrected chi connectivity index (χ0v) is 7.89. The highest BCUT2D eigenvalue weighted by atomic mass is 19.1. The molecule has 0 spiro atoms. The topological polar surface area (TPSA) is 17.8 Å². The van der Waals surface area contributed by atoms with E-state index in [0.717, 1.165) is 5.56 Å². The lowest BCUT2D eigenvalue weighted by molar-refractivity contribution is 0.556. The second kappa shape index (κ2) is 3.62. The third kappa shape index (κ3) is 1.66. The van der Waals surface area contributed by atoms with Crippen LogP contribution >= 0.6 is 0 Å². The highest BCUT2D eigenvalue weighted by Crippen LogP contribution is 2.16. The molecule has 0 aliphatic rings. The van der Waals surface area contributed by atoms with E-state index in [-0.39, 0.29) is 11.9 Å². The van der Waals surface area contributed by atoms with E-state index in [1.54, 1.807) is 16.9 Å². The zero-order chi connectivity index (χ0) is 9.97. The van der Waals surface area contributed by atoms with E-state index in [4.69, 9.17) is 0 Å². The maximum Gasteiger partial charge on any atom is 0.123 e. The van der Waals surface area contributed by atoms with Crippen LogP contribution in [0.1, 0.15) is 18.5 Å². The van der Waals surface area contributed by atoms with Crippen LogP contribution < -0.4 is 0 Å². The molecule has 14 heavy (non-hydrogen) atoms. The smallest absolute Gasteiger partial charge is 0.123 e. The molecule has 1 atom stereocenters. The predicted octanol–water partition coefficient (Wildman–Crippen LogP) is 2.63. The fourth-order valence-corrected chi connectivity index (χ4v) is 1.43. The van der Waals surface area contributed by atoms with Crippen molar-refractivity contribution in [3.8, 4) is 0 Å². The van der Waals surface area contributed by atoms with Crippen molar-refractivity contribution in [1.29, 1.82) is 0 Å². The van der Waals surface area contributed by atoms with Crippen LogP contribution in [0.25, 0.3) is 0 Å². The minimum absolute atomic E-state index is 0.0701. The van der Waals surface area contributed by atoms with Crippen molar-refractivity contribution >= 4 is 0 Å². The molecule has 1 heterocycles. The van der Waals surface area contributed by atoms with E-state index in [1.165, 1.54) is 12.1 Å². The SMILES string of the molecule is CC(c1cccc(F)c1)n1cccn1. The van der Waals surface area contributed by atoms with Crippen LogP contribution in [0, 0.1) is 5.82 Å². The monoisotopic (exact) mass is 190 g/mol. The molecular weight excluding hydrogens is 179 g/mol. The van der Waals surface area contributed by atoms with E-state index >= 15 is 0 Å². The molecule has 72 valence electrons. The van der Waals surface area contributed by atoms with Gasteiger partial charge in [-0.3, -0.25) is 4.68 Å². The van der Waals surface area contributed by atoms with Crippen molar-refractivity contribution in [3.63, 3.8) is 0 Å². The molecule has 2 rings (SSSR count). The van der Waals surface area contributed by atoms with Crippen LogP contribution in [-0.2, 0) is 0 Å². The number of aromatic nitrogens is 2. The van der Waals surface area contributed by atoms with Crippen LogP contribution in [0.5, 0.6) is 0 Å². The summed E-state index contributed by atoms with van der Waals surface area (Å²) in [5.74, 6) is -0.207. The van der Waals surface area contributed by atoms with Crippen molar-refractivity contribution in [2.75, 3.05) is 0 Å². The van der Waals surface area contributed by atoms with E-state index in [1.807, 2.05) is 25.3 Å². The average molecular weight is 190 g/mol. The molecule has 0 fully saturated rings. The summed E-state index contributed by atoms with van der Waals surface area (Å²) in [7, 11) is 0. The van der Waals surface area contributed by atoms with E-state index in [2.05, 4.69) is 5.10 Å². The summed E-state index contributed by atoms with van der Waals surface area (Å²) in [6, 6.07) is 8.52. The molecule has 0 saturated carbocycles. The summed E-state index contributed by atoms with van der Waals surface area (Å²) in [6.07, 6.45) is 3.59. The van der Waals surface area contributed by atoms with Gasteiger partial charge in [-0.1, -0.05) is 12.1 Å². The van der Waals surface area contributed by atoms with Gasteiger partial charge >= 0.3 is 0 Å². The van der Waals surface area contributed by atoms with Gasteiger partial charge in [0.2, 0.25) is 0 Å². The van der Waals surface area contributed by atoms with Gasteiger partial charge in [-0.05, 0) is 30.7 Å². The van der Waals surface area contributed by atoms with Crippen molar-refractivity contribution in [2.45, 2.75) is 13.0 Å². The van der Waals surface area contributed by atoms with Crippen LogP contribution in [0.3, 0.4) is 0 Å². The van der Waals surface area contributed by atoms with Crippen LogP contribution in [0.2, 0.25) is 0 Å². The summed E-state index contributed by atoms with van der Waals surface area (Å²) in [6.45, 7) is 1.99. The molecule has 2 aromatic rings. The van der Waals surface area contributed by atoms with Crippen molar-refractivity contribution in [2.24, 2.45) is 0 Å². The molecule has 0 aliphatic heterocycles. The van der Waals surface area contributed by atoms with E-state index in [9.17, 15) is 4.39 Å². The second-order valence-corrected chi connectivity index (χ2v) is 3.22. The lowest BCUT2D eigenvalue weighted by Gasteiger charge is -2.12. The summed E-state index contributed by atoms with van der Waals surface area (Å²) in [5, 5.41) is 4.12. The first-order chi connectivity index (χ1) is 6.77. The maximum absolute atomic E-state index is 12.9. The van der Waals surface area contributed by atoms with Gasteiger partial charge in [0.1, 0.15) is 5.82 Å². The summed E-state index contributed by atoms with van der Waals surface area (Å²) in [5.41, 5.74) is 0.925. The minimum Gasteiger partial charge on any atom is -0.266 e. The molecule has 2 nitrogen and oxygen atoms in total. The molecule has 0 saturated heterocycles. The molecule has 0 aliphatic carbocycles. The number of hydrogen-bond acceptors (Lipinski definition) is 1. The van der Waals surface area contributed by atoms with Gasteiger partial charge in [0.25, 0.3) is 0 Å². The Kier molecular flexibility index (Phi) is 2.31. The largest absolute Gasteiger partial charge is 0.266 e. The first kappa shape index (κ1) is 8.94.